The van der Waals surface area contributed by atoms with Crippen LogP contribution in [0.3, 0.4) is 0 Å². The van der Waals surface area contributed by atoms with E-state index in [1.165, 1.54) is 12.3 Å². The number of carbonyl (C=O) groups is 1. The number of nitrogens with two attached hydrogens (primary N) is 1. The van der Waals surface area contributed by atoms with Gasteiger partial charge < -0.3 is 10.7 Å². The summed E-state index contributed by atoms with van der Waals surface area (Å²) in [5, 5.41) is 0. The van der Waals surface area contributed by atoms with E-state index in [0.717, 1.165) is 0 Å². The number of pyridine rings is 1. The number of rotatable bonds is 1. The fourth-order valence-corrected chi connectivity index (χ4v) is 0.889. The molecule has 1 aromatic rings. The SMILES string of the molecule is Cc1[nH]ccc(=O)c1C(N)=O. The highest BCUT2D eigenvalue weighted by atomic mass is 16.2. The molecule has 1 rings (SSSR count). The second kappa shape index (κ2) is 2.57. The minimum Gasteiger partial charge on any atom is -0.365 e. The molecule has 4 nitrogen and oxygen atoms in total. The summed E-state index contributed by atoms with van der Waals surface area (Å²) in [7, 11) is 0. The van der Waals surface area contributed by atoms with Gasteiger partial charge in [-0.05, 0) is 6.92 Å². The molecule has 0 spiro atoms. The molecule has 0 aliphatic heterocycles. The number of amides is 1. The summed E-state index contributed by atoms with van der Waals surface area (Å²) < 4.78 is 0. The van der Waals surface area contributed by atoms with E-state index in [1.54, 1.807) is 6.92 Å². The van der Waals surface area contributed by atoms with Crippen LogP contribution in [0.5, 0.6) is 0 Å². The maximum Gasteiger partial charge on any atom is 0.254 e. The highest BCUT2D eigenvalue weighted by Crippen LogP contribution is 1.94. The van der Waals surface area contributed by atoms with E-state index in [-0.39, 0.29) is 11.0 Å². The Balaban J connectivity index is 3.45. The van der Waals surface area contributed by atoms with Crippen LogP contribution in [0.15, 0.2) is 17.1 Å². The number of aromatic nitrogens is 1. The number of aromatic amines is 1. The third-order valence-electron chi connectivity index (χ3n) is 1.40. The lowest BCUT2D eigenvalue weighted by molar-refractivity contribution is 0.0998. The van der Waals surface area contributed by atoms with Gasteiger partial charge in [0.15, 0.2) is 5.43 Å². The van der Waals surface area contributed by atoms with Crippen LogP contribution in [-0.2, 0) is 0 Å². The first kappa shape index (κ1) is 7.53. The van der Waals surface area contributed by atoms with E-state index < -0.39 is 5.91 Å². The van der Waals surface area contributed by atoms with Crippen LogP contribution in [0.4, 0.5) is 0 Å². The molecule has 58 valence electrons. The third kappa shape index (κ3) is 1.29. The molecule has 0 atom stereocenters. The van der Waals surface area contributed by atoms with Crippen LogP contribution >= 0.6 is 0 Å². The van der Waals surface area contributed by atoms with Crippen molar-refractivity contribution < 1.29 is 4.79 Å². The maximum absolute atomic E-state index is 11.0. The van der Waals surface area contributed by atoms with Crippen LogP contribution in [0.25, 0.3) is 0 Å². The first-order valence-electron chi connectivity index (χ1n) is 3.11. The molecule has 0 aliphatic rings. The zero-order valence-electron chi connectivity index (χ0n) is 6.05. The van der Waals surface area contributed by atoms with Crippen molar-refractivity contribution in [2.45, 2.75) is 6.92 Å². The first-order chi connectivity index (χ1) is 5.13. The number of primary amides is 1. The molecule has 0 bridgehead atoms. The van der Waals surface area contributed by atoms with Crippen molar-refractivity contribution in [1.29, 1.82) is 0 Å². The van der Waals surface area contributed by atoms with Gasteiger partial charge in [-0.2, -0.15) is 0 Å². The van der Waals surface area contributed by atoms with Gasteiger partial charge >= 0.3 is 0 Å². The van der Waals surface area contributed by atoms with Crippen molar-refractivity contribution in [3.05, 3.63) is 33.7 Å². The van der Waals surface area contributed by atoms with Gasteiger partial charge in [0, 0.05) is 18.0 Å². The molecule has 1 heterocycles. The largest absolute Gasteiger partial charge is 0.365 e. The number of carbonyl (C=O) groups excluding carboxylic acids is 1. The van der Waals surface area contributed by atoms with E-state index in [9.17, 15) is 9.59 Å². The van der Waals surface area contributed by atoms with Crippen LogP contribution in [0.1, 0.15) is 16.1 Å². The number of hydrogen-bond donors (Lipinski definition) is 2. The third-order valence-corrected chi connectivity index (χ3v) is 1.40. The summed E-state index contributed by atoms with van der Waals surface area (Å²) in [6.07, 6.45) is 1.48. The lowest BCUT2D eigenvalue weighted by Crippen LogP contribution is -2.23. The van der Waals surface area contributed by atoms with Gasteiger partial charge in [0.05, 0.1) is 0 Å². The Morgan fingerprint density at radius 2 is 2.27 bits per heavy atom. The maximum atomic E-state index is 11.0. The summed E-state index contributed by atoms with van der Waals surface area (Å²) in [6, 6.07) is 1.27. The van der Waals surface area contributed by atoms with Gasteiger partial charge in [0.25, 0.3) is 5.91 Å². The molecule has 0 aromatic carbocycles. The molecule has 0 aliphatic carbocycles. The predicted octanol–water partition coefficient (Wildman–Crippen LogP) is -0.218. The molecule has 0 saturated heterocycles. The Bertz CT molecular complexity index is 341. The Kier molecular flexibility index (Phi) is 1.76. The van der Waals surface area contributed by atoms with Gasteiger partial charge in [0.1, 0.15) is 5.56 Å². The van der Waals surface area contributed by atoms with Gasteiger partial charge in [-0.3, -0.25) is 9.59 Å². The Labute approximate surface area is 63.0 Å². The molecule has 1 aromatic heterocycles. The highest BCUT2D eigenvalue weighted by molar-refractivity contribution is 5.93. The van der Waals surface area contributed by atoms with Crippen LogP contribution in [0.2, 0.25) is 0 Å². The molecule has 11 heavy (non-hydrogen) atoms. The molecule has 3 N–H and O–H groups in total. The topological polar surface area (TPSA) is 75.9 Å². The second-order valence-electron chi connectivity index (χ2n) is 2.21. The minimum atomic E-state index is -0.690. The Hall–Kier alpha value is -1.58. The van der Waals surface area contributed by atoms with Gasteiger partial charge in [-0.1, -0.05) is 0 Å². The van der Waals surface area contributed by atoms with Crippen LogP contribution < -0.4 is 11.2 Å². The zero-order valence-corrected chi connectivity index (χ0v) is 6.05. The van der Waals surface area contributed by atoms with Crippen molar-refractivity contribution in [1.82, 2.24) is 4.98 Å². The summed E-state index contributed by atoms with van der Waals surface area (Å²) in [5.74, 6) is -0.690. The number of hydrogen-bond acceptors (Lipinski definition) is 2. The number of nitrogens with one attached hydrogen (secondary N) is 1. The monoisotopic (exact) mass is 152 g/mol. The van der Waals surface area contributed by atoms with Crippen molar-refractivity contribution in [2.75, 3.05) is 0 Å². The Morgan fingerprint density at radius 3 is 2.64 bits per heavy atom. The quantitative estimate of drug-likeness (QED) is 0.583. The summed E-state index contributed by atoms with van der Waals surface area (Å²) >= 11 is 0. The van der Waals surface area contributed by atoms with E-state index >= 15 is 0 Å². The summed E-state index contributed by atoms with van der Waals surface area (Å²) in [4.78, 5) is 24.3. The molecule has 0 fully saturated rings. The van der Waals surface area contributed by atoms with Gasteiger partial charge in [-0.15, -0.1) is 0 Å². The van der Waals surface area contributed by atoms with Gasteiger partial charge in [0.2, 0.25) is 0 Å². The molecule has 1 amide bonds. The average molecular weight is 152 g/mol. The van der Waals surface area contributed by atoms with Crippen molar-refractivity contribution in [2.24, 2.45) is 5.73 Å². The lowest BCUT2D eigenvalue weighted by atomic mass is 10.2. The normalized spacial score (nSPS) is 9.55. The van der Waals surface area contributed by atoms with Crippen molar-refractivity contribution >= 4 is 5.91 Å². The summed E-state index contributed by atoms with van der Waals surface area (Å²) in [5.41, 5.74) is 5.16. The van der Waals surface area contributed by atoms with E-state index in [2.05, 4.69) is 4.98 Å². The lowest BCUT2D eigenvalue weighted by Gasteiger charge is -1.97. The number of H-pyrrole nitrogens is 1. The van der Waals surface area contributed by atoms with E-state index in [1.807, 2.05) is 0 Å². The molecule has 0 unspecified atom stereocenters. The van der Waals surface area contributed by atoms with Crippen LogP contribution in [-0.4, -0.2) is 10.9 Å². The number of aryl methyl sites for hydroxylation is 1. The van der Waals surface area contributed by atoms with Crippen molar-refractivity contribution in [3.63, 3.8) is 0 Å². The first-order valence-corrected chi connectivity index (χ1v) is 3.11. The van der Waals surface area contributed by atoms with E-state index in [0.29, 0.717) is 5.69 Å². The second-order valence-corrected chi connectivity index (χ2v) is 2.21. The summed E-state index contributed by atoms with van der Waals surface area (Å²) in [6.45, 7) is 1.63. The molecular formula is C7H8N2O2. The van der Waals surface area contributed by atoms with Crippen LogP contribution in [0, 0.1) is 6.92 Å². The highest BCUT2D eigenvalue weighted by Gasteiger charge is 2.07. The average Bonchev–Trinajstić information content (AvgIpc) is 1.85. The molecule has 0 saturated carbocycles. The van der Waals surface area contributed by atoms with Crippen molar-refractivity contribution in [3.8, 4) is 0 Å². The van der Waals surface area contributed by atoms with E-state index in [4.69, 9.17) is 5.73 Å². The predicted molar refractivity (Wildman–Crippen MR) is 40.3 cm³/mol. The standard InChI is InChI=1S/C7H8N2O2/c1-4-6(7(8)11)5(10)2-3-9-4/h2-3H,1H3,(H2,8,11)(H,9,10). The zero-order chi connectivity index (χ0) is 8.43. The molecule has 4 heteroatoms. The fourth-order valence-electron chi connectivity index (χ4n) is 0.889. The molecular weight excluding hydrogens is 144 g/mol. The van der Waals surface area contributed by atoms with Gasteiger partial charge in [-0.25, -0.2) is 0 Å². The molecule has 0 radical (unpaired) electrons. The fraction of sp³-hybridized carbons (Fsp3) is 0.143. The minimum absolute atomic E-state index is 0.0347. The smallest absolute Gasteiger partial charge is 0.254 e. The Morgan fingerprint density at radius 1 is 1.64 bits per heavy atom.